The molecule has 2 heterocycles. The van der Waals surface area contributed by atoms with Gasteiger partial charge in [0.2, 0.25) is 0 Å². The van der Waals surface area contributed by atoms with Crippen molar-refractivity contribution in [3.8, 4) is 0 Å². The van der Waals surface area contributed by atoms with Crippen LogP contribution in [-0.4, -0.2) is 36.1 Å². The van der Waals surface area contributed by atoms with Crippen molar-refractivity contribution in [1.82, 2.24) is 9.97 Å². The summed E-state index contributed by atoms with van der Waals surface area (Å²) in [4.78, 5) is 22.1. The summed E-state index contributed by atoms with van der Waals surface area (Å²) >= 11 is 0. The summed E-state index contributed by atoms with van der Waals surface area (Å²) in [6.45, 7) is 4.21. The predicted octanol–water partition coefficient (Wildman–Crippen LogP) is 2.28. The van der Waals surface area contributed by atoms with Gasteiger partial charge in [0.15, 0.2) is 5.69 Å². The highest BCUT2D eigenvalue weighted by atomic mass is 16.5. The number of carbonyl (C=O) groups excluding carboxylic acids is 1. The number of ether oxygens (including phenoxy) is 1. The summed E-state index contributed by atoms with van der Waals surface area (Å²) < 4.78 is 4.68. The van der Waals surface area contributed by atoms with Crippen molar-refractivity contribution in [2.24, 2.45) is 5.92 Å². The molecular formula is C14H21N3O2. The molecule has 1 aromatic heterocycles. The molecule has 0 aliphatic carbocycles. The Balaban J connectivity index is 2.10. The van der Waals surface area contributed by atoms with Gasteiger partial charge in [-0.05, 0) is 25.2 Å². The summed E-state index contributed by atoms with van der Waals surface area (Å²) in [5, 5.41) is 0. The van der Waals surface area contributed by atoms with Crippen LogP contribution in [0.1, 0.15) is 43.1 Å². The number of nitrogens with zero attached hydrogens (tertiary/aromatic N) is 3. The maximum Gasteiger partial charge on any atom is 0.358 e. The number of esters is 1. The van der Waals surface area contributed by atoms with Crippen LogP contribution in [0.5, 0.6) is 0 Å². The van der Waals surface area contributed by atoms with E-state index in [4.69, 9.17) is 0 Å². The summed E-state index contributed by atoms with van der Waals surface area (Å²) in [5.74, 6) is 1.15. The fraction of sp³-hybridized carbons (Fsp3) is 0.643. The zero-order valence-electron chi connectivity index (χ0n) is 11.6. The van der Waals surface area contributed by atoms with E-state index < -0.39 is 5.97 Å². The minimum Gasteiger partial charge on any atom is -0.464 e. The van der Waals surface area contributed by atoms with Crippen LogP contribution in [-0.2, 0) is 4.74 Å². The third-order valence-electron chi connectivity index (χ3n) is 3.77. The smallest absolute Gasteiger partial charge is 0.358 e. The second-order valence-corrected chi connectivity index (χ2v) is 4.95. The molecule has 0 amide bonds. The second-order valence-electron chi connectivity index (χ2n) is 4.95. The van der Waals surface area contributed by atoms with Gasteiger partial charge in [0.1, 0.15) is 5.82 Å². The van der Waals surface area contributed by atoms with E-state index in [9.17, 15) is 4.79 Å². The maximum absolute atomic E-state index is 11.5. The lowest BCUT2D eigenvalue weighted by Crippen LogP contribution is -2.26. The lowest BCUT2D eigenvalue weighted by Gasteiger charge is -2.21. The fourth-order valence-corrected chi connectivity index (χ4v) is 2.51. The third-order valence-corrected chi connectivity index (χ3v) is 3.77. The normalized spacial score (nSPS) is 19.9. The van der Waals surface area contributed by atoms with Gasteiger partial charge in [-0.3, -0.25) is 4.98 Å². The Morgan fingerprint density at radius 3 is 3.00 bits per heavy atom. The van der Waals surface area contributed by atoms with Crippen LogP contribution in [0.15, 0.2) is 12.4 Å². The zero-order chi connectivity index (χ0) is 13.7. The Morgan fingerprint density at radius 1 is 1.42 bits per heavy atom. The van der Waals surface area contributed by atoms with Gasteiger partial charge in [-0.1, -0.05) is 13.3 Å². The molecule has 5 nitrogen and oxygen atoms in total. The molecular weight excluding hydrogens is 242 g/mol. The molecule has 1 saturated heterocycles. The number of carbonyl (C=O) groups is 1. The van der Waals surface area contributed by atoms with Crippen LogP contribution in [0.25, 0.3) is 0 Å². The van der Waals surface area contributed by atoms with Crippen molar-refractivity contribution in [3.05, 3.63) is 18.1 Å². The summed E-state index contributed by atoms with van der Waals surface area (Å²) in [5.41, 5.74) is 0.274. The van der Waals surface area contributed by atoms with Crippen LogP contribution in [0.3, 0.4) is 0 Å². The summed E-state index contributed by atoms with van der Waals surface area (Å²) in [6, 6.07) is 0. The van der Waals surface area contributed by atoms with Crippen molar-refractivity contribution in [2.75, 3.05) is 25.1 Å². The minimum atomic E-state index is -0.435. The van der Waals surface area contributed by atoms with Gasteiger partial charge >= 0.3 is 5.97 Å². The van der Waals surface area contributed by atoms with Gasteiger partial charge in [-0.15, -0.1) is 0 Å². The summed E-state index contributed by atoms with van der Waals surface area (Å²) in [6.07, 6.45) is 8.03. The topological polar surface area (TPSA) is 55.3 Å². The zero-order valence-corrected chi connectivity index (χ0v) is 11.6. The van der Waals surface area contributed by atoms with E-state index in [2.05, 4.69) is 26.5 Å². The average molecular weight is 263 g/mol. The molecule has 1 aliphatic rings. The van der Waals surface area contributed by atoms with E-state index in [1.165, 1.54) is 39.0 Å². The Bertz CT molecular complexity index is 436. The molecule has 0 aromatic carbocycles. The molecule has 1 unspecified atom stereocenters. The van der Waals surface area contributed by atoms with Crippen LogP contribution in [0.4, 0.5) is 5.82 Å². The highest BCUT2D eigenvalue weighted by Gasteiger charge is 2.18. The van der Waals surface area contributed by atoms with Crippen molar-refractivity contribution in [2.45, 2.75) is 32.6 Å². The first-order chi connectivity index (χ1) is 9.24. The first-order valence-electron chi connectivity index (χ1n) is 6.90. The van der Waals surface area contributed by atoms with Gasteiger partial charge in [-0.25, -0.2) is 9.78 Å². The fourth-order valence-electron chi connectivity index (χ4n) is 2.51. The van der Waals surface area contributed by atoms with Crippen molar-refractivity contribution in [1.29, 1.82) is 0 Å². The SMILES string of the molecule is CCC1CCCN(c2cncc(C(=O)OC)n2)CC1. The predicted molar refractivity (Wildman–Crippen MR) is 73.2 cm³/mol. The molecule has 1 fully saturated rings. The molecule has 0 N–H and O–H groups in total. The molecule has 0 spiro atoms. The van der Waals surface area contributed by atoms with Gasteiger partial charge in [-0.2, -0.15) is 0 Å². The molecule has 0 saturated carbocycles. The number of hydrogen-bond donors (Lipinski definition) is 0. The quantitative estimate of drug-likeness (QED) is 0.783. The van der Waals surface area contributed by atoms with Crippen molar-refractivity contribution >= 4 is 11.8 Å². The lowest BCUT2D eigenvalue weighted by molar-refractivity contribution is 0.0593. The first-order valence-corrected chi connectivity index (χ1v) is 6.90. The van der Waals surface area contributed by atoms with E-state index in [0.717, 1.165) is 24.8 Å². The number of hydrogen-bond acceptors (Lipinski definition) is 5. The van der Waals surface area contributed by atoms with Gasteiger partial charge in [0, 0.05) is 13.1 Å². The molecule has 19 heavy (non-hydrogen) atoms. The monoisotopic (exact) mass is 263 g/mol. The molecule has 1 aliphatic heterocycles. The van der Waals surface area contributed by atoms with Crippen LogP contribution < -0.4 is 4.90 Å². The Morgan fingerprint density at radius 2 is 2.26 bits per heavy atom. The number of rotatable bonds is 3. The maximum atomic E-state index is 11.5. The Kier molecular flexibility index (Phi) is 4.71. The van der Waals surface area contributed by atoms with Gasteiger partial charge in [0.05, 0.1) is 19.5 Å². The number of methoxy groups -OCH3 is 1. The Hall–Kier alpha value is -1.65. The van der Waals surface area contributed by atoms with Gasteiger partial charge < -0.3 is 9.64 Å². The number of anilines is 1. The largest absolute Gasteiger partial charge is 0.464 e. The highest BCUT2D eigenvalue weighted by molar-refractivity contribution is 5.87. The average Bonchev–Trinajstić information content (AvgIpc) is 2.72. The van der Waals surface area contributed by atoms with E-state index in [0.29, 0.717) is 0 Å². The van der Waals surface area contributed by atoms with Gasteiger partial charge in [0.25, 0.3) is 0 Å². The van der Waals surface area contributed by atoms with E-state index >= 15 is 0 Å². The van der Waals surface area contributed by atoms with E-state index in [-0.39, 0.29) is 5.69 Å². The standard InChI is InChI=1S/C14H21N3O2/c1-3-11-5-4-7-17(8-6-11)13-10-15-9-12(16-13)14(18)19-2/h9-11H,3-8H2,1-2H3. The second kappa shape index (κ2) is 6.50. The highest BCUT2D eigenvalue weighted by Crippen LogP contribution is 2.23. The molecule has 5 heteroatoms. The van der Waals surface area contributed by atoms with Crippen LogP contribution in [0, 0.1) is 5.92 Å². The van der Waals surface area contributed by atoms with Crippen molar-refractivity contribution in [3.63, 3.8) is 0 Å². The summed E-state index contributed by atoms with van der Waals surface area (Å²) in [7, 11) is 1.36. The molecule has 1 atom stereocenters. The number of aromatic nitrogens is 2. The Labute approximate surface area is 114 Å². The van der Waals surface area contributed by atoms with Crippen LogP contribution >= 0.6 is 0 Å². The van der Waals surface area contributed by atoms with Crippen LogP contribution in [0.2, 0.25) is 0 Å². The molecule has 1 aromatic rings. The molecule has 2 rings (SSSR count). The minimum absolute atomic E-state index is 0.274. The third kappa shape index (κ3) is 3.43. The first kappa shape index (κ1) is 13.8. The van der Waals surface area contributed by atoms with Crippen molar-refractivity contribution < 1.29 is 9.53 Å². The molecule has 104 valence electrons. The van der Waals surface area contributed by atoms with E-state index in [1.54, 1.807) is 6.20 Å². The molecule has 0 radical (unpaired) electrons. The lowest BCUT2D eigenvalue weighted by atomic mass is 9.98. The van der Waals surface area contributed by atoms with E-state index in [1.807, 2.05) is 0 Å². The molecule has 0 bridgehead atoms.